The second-order valence-corrected chi connectivity index (χ2v) is 2.39. The van der Waals surface area contributed by atoms with Gasteiger partial charge in [-0.2, -0.15) is 4.98 Å². The van der Waals surface area contributed by atoms with Crippen molar-refractivity contribution in [2.75, 3.05) is 6.54 Å². The fraction of sp³-hybridized carbons (Fsp3) is 0.500. The number of hydrazine groups is 1. The third-order valence-corrected chi connectivity index (χ3v) is 1.34. The van der Waals surface area contributed by atoms with E-state index in [4.69, 9.17) is 16.1 Å². The lowest BCUT2D eigenvalue weighted by atomic mass is 10.4. The van der Waals surface area contributed by atoms with Crippen molar-refractivity contribution in [2.24, 2.45) is 16.6 Å². The highest BCUT2D eigenvalue weighted by molar-refractivity contribution is 5.77. The molecule has 0 atom stereocenters. The van der Waals surface area contributed by atoms with E-state index < -0.39 is 0 Å². The molecule has 0 bridgehead atoms. The van der Waals surface area contributed by atoms with E-state index in [1.54, 1.807) is 6.92 Å². The van der Waals surface area contributed by atoms with Crippen molar-refractivity contribution in [2.45, 2.75) is 13.3 Å². The SMILES string of the molecule is Cc1nc(CCN=C(N)NN)no1. The summed E-state index contributed by atoms with van der Waals surface area (Å²) >= 11 is 0. The van der Waals surface area contributed by atoms with E-state index in [0.29, 0.717) is 24.7 Å². The highest BCUT2D eigenvalue weighted by atomic mass is 16.5. The number of hydrogen-bond donors (Lipinski definition) is 3. The summed E-state index contributed by atoms with van der Waals surface area (Å²) in [6.07, 6.45) is 0.583. The molecule has 72 valence electrons. The lowest BCUT2D eigenvalue weighted by Crippen LogP contribution is -2.37. The maximum Gasteiger partial charge on any atom is 0.223 e. The van der Waals surface area contributed by atoms with Gasteiger partial charge in [0.05, 0.1) is 6.54 Å². The van der Waals surface area contributed by atoms with Crippen LogP contribution in [0.2, 0.25) is 0 Å². The number of nitrogens with zero attached hydrogens (tertiary/aromatic N) is 3. The van der Waals surface area contributed by atoms with Crippen molar-refractivity contribution in [3.8, 4) is 0 Å². The predicted octanol–water partition coefficient (Wildman–Crippen LogP) is -1.30. The van der Waals surface area contributed by atoms with E-state index in [-0.39, 0.29) is 5.96 Å². The smallest absolute Gasteiger partial charge is 0.223 e. The van der Waals surface area contributed by atoms with Crippen LogP contribution in [0.25, 0.3) is 0 Å². The molecule has 0 aliphatic rings. The molecule has 1 aromatic heterocycles. The van der Waals surface area contributed by atoms with Crippen LogP contribution in [0.5, 0.6) is 0 Å². The normalized spacial score (nSPS) is 11.7. The molecule has 7 heteroatoms. The molecule has 1 heterocycles. The maximum atomic E-state index is 5.29. The minimum absolute atomic E-state index is 0.195. The molecule has 0 radical (unpaired) electrons. The Morgan fingerprint density at radius 1 is 1.69 bits per heavy atom. The van der Waals surface area contributed by atoms with Gasteiger partial charge in [0.15, 0.2) is 5.82 Å². The summed E-state index contributed by atoms with van der Waals surface area (Å²) in [6.45, 7) is 2.21. The minimum Gasteiger partial charge on any atom is -0.369 e. The van der Waals surface area contributed by atoms with E-state index in [1.807, 2.05) is 0 Å². The molecule has 0 spiro atoms. The zero-order chi connectivity index (χ0) is 9.68. The third-order valence-electron chi connectivity index (χ3n) is 1.34. The Balaban J connectivity index is 2.35. The standard InChI is InChI=1S/C6H12N6O/c1-4-10-5(12-13-4)2-3-9-6(7)11-8/h2-3,8H2,1H3,(H3,7,9,11). The number of aryl methyl sites for hydroxylation is 1. The first kappa shape index (κ1) is 9.46. The lowest BCUT2D eigenvalue weighted by molar-refractivity contribution is 0.387. The first-order valence-corrected chi connectivity index (χ1v) is 3.78. The first-order chi connectivity index (χ1) is 6.22. The summed E-state index contributed by atoms with van der Waals surface area (Å²) in [5, 5.41) is 3.69. The van der Waals surface area contributed by atoms with Gasteiger partial charge < -0.3 is 10.3 Å². The molecule has 13 heavy (non-hydrogen) atoms. The average molecular weight is 184 g/mol. The van der Waals surface area contributed by atoms with Crippen LogP contribution in [-0.4, -0.2) is 22.6 Å². The van der Waals surface area contributed by atoms with Crippen LogP contribution in [0.15, 0.2) is 9.52 Å². The summed E-state index contributed by atoms with van der Waals surface area (Å²) in [5.74, 6) is 6.36. The van der Waals surface area contributed by atoms with Crippen molar-refractivity contribution >= 4 is 5.96 Å². The zero-order valence-corrected chi connectivity index (χ0v) is 7.32. The summed E-state index contributed by atoms with van der Waals surface area (Å²) in [5.41, 5.74) is 7.51. The highest BCUT2D eigenvalue weighted by Crippen LogP contribution is 1.95. The molecular weight excluding hydrogens is 172 g/mol. The van der Waals surface area contributed by atoms with E-state index in [2.05, 4.69) is 20.6 Å². The number of aromatic nitrogens is 2. The van der Waals surface area contributed by atoms with Gasteiger partial charge >= 0.3 is 0 Å². The molecule has 0 saturated carbocycles. The number of hydrogen-bond acceptors (Lipinski definition) is 5. The number of guanidine groups is 1. The van der Waals surface area contributed by atoms with Crippen LogP contribution in [0.1, 0.15) is 11.7 Å². The average Bonchev–Trinajstić information content (AvgIpc) is 2.51. The largest absolute Gasteiger partial charge is 0.369 e. The van der Waals surface area contributed by atoms with Gasteiger partial charge in [0, 0.05) is 13.3 Å². The molecule has 0 unspecified atom stereocenters. The minimum atomic E-state index is 0.195. The number of rotatable bonds is 3. The Morgan fingerprint density at radius 3 is 3.00 bits per heavy atom. The molecule has 0 fully saturated rings. The monoisotopic (exact) mass is 184 g/mol. The van der Waals surface area contributed by atoms with Gasteiger partial charge in [-0.25, -0.2) is 5.84 Å². The predicted molar refractivity (Wildman–Crippen MR) is 46.6 cm³/mol. The fourth-order valence-electron chi connectivity index (χ4n) is 0.765. The van der Waals surface area contributed by atoms with Crippen molar-refractivity contribution in [3.63, 3.8) is 0 Å². The molecule has 0 saturated heterocycles. The van der Waals surface area contributed by atoms with Gasteiger partial charge in [0.25, 0.3) is 0 Å². The van der Waals surface area contributed by atoms with Gasteiger partial charge in [-0.15, -0.1) is 0 Å². The number of nitrogens with one attached hydrogen (secondary N) is 1. The second kappa shape index (κ2) is 4.41. The summed E-state index contributed by atoms with van der Waals surface area (Å²) < 4.78 is 4.77. The van der Waals surface area contributed by atoms with Crippen molar-refractivity contribution in [1.29, 1.82) is 0 Å². The summed E-state index contributed by atoms with van der Waals surface area (Å²) in [4.78, 5) is 7.88. The quantitative estimate of drug-likeness (QED) is 0.233. The van der Waals surface area contributed by atoms with Crippen LogP contribution in [-0.2, 0) is 6.42 Å². The van der Waals surface area contributed by atoms with E-state index >= 15 is 0 Å². The topological polar surface area (TPSA) is 115 Å². The van der Waals surface area contributed by atoms with Gasteiger partial charge in [-0.05, 0) is 0 Å². The second-order valence-electron chi connectivity index (χ2n) is 2.39. The molecule has 1 aromatic rings. The third kappa shape index (κ3) is 3.08. The Hall–Kier alpha value is -1.63. The fourth-order valence-corrected chi connectivity index (χ4v) is 0.765. The molecule has 0 aliphatic heterocycles. The molecule has 5 N–H and O–H groups in total. The molecule has 0 aliphatic carbocycles. The van der Waals surface area contributed by atoms with E-state index in [1.165, 1.54) is 0 Å². The van der Waals surface area contributed by atoms with Crippen LogP contribution >= 0.6 is 0 Å². The first-order valence-electron chi connectivity index (χ1n) is 3.78. The van der Waals surface area contributed by atoms with Crippen molar-refractivity contribution in [3.05, 3.63) is 11.7 Å². The van der Waals surface area contributed by atoms with Gasteiger partial charge in [0.1, 0.15) is 0 Å². The Labute approximate surface area is 75.2 Å². The number of nitrogens with two attached hydrogens (primary N) is 2. The molecule has 7 nitrogen and oxygen atoms in total. The summed E-state index contributed by atoms with van der Waals surface area (Å²) in [6, 6.07) is 0. The van der Waals surface area contributed by atoms with Crippen LogP contribution < -0.4 is 17.0 Å². The molecule has 0 amide bonds. The number of aliphatic imine (C=N–C) groups is 1. The molecule has 1 rings (SSSR count). The van der Waals surface area contributed by atoms with Crippen LogP contribution in [0, 0.1) is 6.92 Å². The highest BCUT2D eigenvalue weighted by Gasteiger charge is 2.00. The lowest BCUT2D eigenvalue weighted by Gasteiger charge is -1.95. The van der Waals surface area contributed by atoms with Gasteiger partial charge in [-0.1, -0.05) is 5.16 Å². The Bertz CT molecular complexity index is 293. The van der Waals surface area contributed by atoms with E-state index in [0.717, 1.165) is 0 Å². The summed E-state index contributed by atoms with van der Waals surface area (Å²) in [7, 11) is 0. The Kier molecular flexibility index (Phi) is 3.21. The molecular formula is C6H12N6O. The molecule has 0 aromatic carbocycles. The van der Waals surface area contributed by atoms with E-state index in [9.17, 15) is 0 Å². The maximum absolute atomic E-state index is 5.29. The van der Waals surface area contributed by atoms with Crippen LogP contribution in [0.3, 0.4) is 0 Å². The van der Waals surface area contributed by atoms with Crippen molar-refractivity contribution in [1.82, 2.24) is 15.6 Å². The van der Waals surface area contributed by atoms with Gasteiger partial charge in [-0.3, -0.25) is 10.4 Å². The Morgan fingerprint density at radius 2 is 2.46 bits per heavy atom. The zero-order valence-electron chi connectivity index (χ0n) is 7.32. The van der Waals surface area contributed by atoms with Crippen LogP contribution in [0.4, 0.5) is 0 Å². The van der Waals surface area contributed by atoms with Gasteiger partial charge in [0.2, 0.25) is 11.9 Å². The van der Waals surface area contributed by atoms with Crippen molar-refractivity contribution < 1.29 is 4.52 Å².